The number of hydrogen-bond donors (Lipinski definition) is 4. The Labute approximate surface area is 154 Å². The molecule has 0 fully saturated rings. The van der Waals surface area contributed by atoms with Gasteiger partial charge >= 0.3 is 0 Å². The number of unbranched alkanes of at least 4 members (excludes halogenated alkanes) is 3. The van der Waals surface area contributed by atoms with Crippen LogP contribution in [-0.2, 0) is 6.42 Å². The van der Waals surface area contributed by atoms with Crippen molar-refractivity contribution in [2.75, 3.05) is 20.6 Å². The molecule has 0 bridgehead atoms. The van der Waals surface area contributed by atoms with E-state index in [1.807, 2.05) is 0 Å². The molecule has 0 saturated carbocycles. The number of nitrogens with two attached hydrogens (primary N) is 1. The number of nitrogens with one attached hydrogen (secondary N) is 3. The lowest BCUT2D eigenvalue weighted by molar-refractivity contribution is 0.0976. The fourth-order valence-electron chi connectivity index (χ4n) is 2.35. The van der Waals surface area contributed by atoms with Crippen LogP contribution in [0.2, 0.25) is 0 Å². The molecule has 0 heterocycles. The van der Waals surface area contributed by atoms with Crippen molar-refractivity contribution in [3.05, 3.63) is 47.3 Å². The van der Waals surface area contributed by atoms with Crippen molar-refractivity contribution in [1.29, 1.82) is 10.8 Å². The van der Waals surface area contributed by atoms with Crippen LogP contribution in [0.15, 0.2) is 30.4 Å². The van der Waals surface area contributed by atoms with E-state index in [4.69, 9.17) is 16.6 Å². The van der Waals surface area contributed by atoms with Crippen LogP contribution in [0, 0.1) is 16.6 Å². The molecule has 0 aliphatic carbocycles. The number of rotatable bonds is 9. The van der Waals surface area contributed by atoms with Crippen LogP contribution in [0.3, 0.4) is 0 Å². The first-order chi connectivity index (χ1) is 12.3. The van der Waals surface area contributed by atoms with E-state index in [9.17, 15) is 9.18 Å². The minimum Gasteiger partial charge on any atom is -0.363 e. The molecule has 0 radical (unpaired) electrons. The molecule has 0 aliphatic rings. The Morgan fingerprint density at radius 1 is 1.19 bits per heavy atom. The van der Waals surface area contributed by atoms with Crippen LogP contribution in [0.1, 0.15) is 41.6 Å². The quantitative estimate of drug-likeness (QED) is 0.309. The highest BCUT2D eigenvalue weighted by Crippen LogP contribution is 2.15. The normalized spacial score (nSPS) is 10.8. The number of carbonyl (C=O) groups excluding carboxylic acids is 1. The third kappa shape index (κ3) is 7.57. The number of nitrogens with zero attached hydrogens (tertiary/aromatic N) is 1. The lowest BCUT2D eigenvalue weighted by atomic mass is 10.00. The highest BCUT2D eigenvalue weighted by Gasteiger charge is 2.13. The molecule has 7 heteroatoms. The summed E-state index contributed by atoms with van der Waals surface area (Å²) in [5.41, 5.74) is 6.47. The van der Waals surface area contributed by atoms with Gasteiger partial charge in [-0.25, -0.2) is 4.39 Å². The van der Waals surface area contributed by atoms with Gasteiger partial charge in [0, 0.05) is 19.7 Å². The summed E-state index contributed by atoms with van der Waals surface area (Å²) in [6.07, 6.45) is 7.16. The van der Waals surface area contributed by atoms with Crippen LogP contribution in [0.5, 0.6) is 0 Å². The Kier molecular flexibility index (Phi) is 9.22. The second-order valence-electron chi connectivity index (χ2n) is 6.24. The number of amides is 1. The SMILES string of the molecule is CN(C)C(=N)/C=C\C(=N)NC(=O)c1ccc(F)cc1CCCCCCN. The van der Waals surface area contributed by atoms with E-state index in [1.54, 1.807) is 19.0 Å². The van der Waals surface area contributed by atoms with Crippen molar-refractivity contribution in [3.8, 4) is 0 Å². The van der Waals surface area contributed by atoms with E-state index >= 15 is 0 Å². The fourth-order valence-corrected chi connectivity index (χ4v) is 2.35. The number of hydrogen-bond acceptors (Lipinski definition) is 4. The highest BCUT2D eigenvalue weighted by atomic mass is 19.1. The monoisotopic (exact) mass is 361 g/mol. The van der Waals surface area contributed by atoms with Crippen molar-refractivity contribution in [2.24, 2.45) is 5.73 Å². The average Bonchev–Trinajstić information content (AvgIpc) is 2.59. The molecule has 0 spiro atoms. The van der Waals surface area contributed by atoms with E-state index in [0.29, 0.717) is 24.1 Å². The summed E-state index contributed by atoms with van der Waals surface area (Å²) in [5, 5.41) is 17.9. The second kappa shape index (κ2) is 11.1. The predicted molar refractivity (Wildman–Crippen MR) is 103 cm³/mol. The first-order valence-electron chi connectivity index (χ1n) is 8.67. The third-order valence-corrected chi connectivity index (χ3v) is 3.85. The number of aryl methyl sites for hydroxylation is 1. The molecule has 1 rings (SSSR count). The molecular weight excluding hydrogens is 333 g/mol. The molecule has 1 aromatic carbocycles. The van der Waals surface area contributed by atoms with Crippen molar-refractivity contribution in [3.63, 3.8) is 0 Å². The molecule has 6 nitrogen and oxygen atoms in total. The maximum atomic E-state index is 13.6. The van der Waals surface area contributed by atoms with Crippen molar-refractivity contribution < 1.29 is 9.18 Å². The van der Waals surface area contributed by atoms with Gasteiger partial charge in [-0.3, -0.25) is 15.6 Å². The molecule has 142 valence electrons. The third-order valence-electron chi connectivity index (χ3n) is 3.85. The van der Waals surface area contributed by atoms with Gasteiger partial charge in [-0.05, 0) is 61.7 Å². The van der Waals surface area contributed by atoms with Crippen LogP contribution in [-0.4, -0.2) is 43.1 Å². The van der Waals surface area contributed by atoms with Gasteiger partial charge in [0.25, 0.3) is 5.91 Å². The zero-order chi connectivity index (χ0) is 19.5. The number of carbonyl (C=O) groups is 1. The van der Waals surface area contributed by atoms with Crippen LogP contribution < -0.4 is 11.1 Å². The Morgan fingerprint density at radius 2 is 1.88 bits per heavy atom. The zero-order valence-corrected chi connectivity index (χ0v) is 15.4. The van der Waals surface area contributed by atoms with E-state index in [2.05, 4.69) is 5.32 Å². The van der Waals surface area contributed by atoms with Gasteiger partial charge in [-0.1, -0.05) is 12.8 Å². The molecule has 0 unspecified atom stereocenters. The summed E-state index contributed by atoms with van der Waals surface area (Å²) >= 11 is 0. The van der Waals surface area contributed by atoms with Crippen LogP contribution in [0.25, 0.3) is 0 Å². The lowest BCUT2D eigenvalue weighted by Gasteiger charge is -2.11. The lowest BCUT2D eigenvalue weighted by Crippen LogP contribution is -2.29. The van der Waals surface area contributed by atoms with Crippen molar-refractivity contribution in [2.45, 2.75) is 32.1 Å². The van der Waals surface area contributed by atoms with Gasteiger partial charge in [0.2, 0.25) is 0 Å². The molecule has 1 amide bonds. The Morgan fingerprint density at radius 3 is 2.54 bits per heavy atom. The molecule has 0 aliphatic heterocycles. The summed E-state index contributed by atoms with van der Waals surface area (Å²) in [7, 11) is 3.43. The standard InChI is InChI=1S/C19H28FN5O/c1-25(2)18(23)11-10-17(22)24-19(26)16-9-8-15(20)13-14(16)7-5-3-4-6-12-21/h8-11,13,23H,3-7,12,21H2,1-2H3,(H2,22,24,26)/b11-10-,23-18?. The van der Waals surface area contributed by atoms with E-state index in [1.165, 1.54) is 30.4 Å². The van der Waals surface area contributed by atoms with Gasteiger partial charge in [0.1, 0.15) is 17.5 Å². The predicted octanol–water partition coefficient (Wildman–Crippen LogP) is 2.69. The summed E-state index contributed by atoms with van der Waals surface area (Å²) in [5.74, 6) is -0.746. The van der Waals surface area contributed by atoms with Crippen LogP contribution in [0.4, 0.5) is 4.39 Å². The summed E-state index contributed by atoms with van der Waals surface area (Å²) in [6, 6.07) is 4.06. The number of amidine groups is 2. The molecule has 0 aromatic heterocycles. The minimum atomic E-state index is -0.451. The average molecular weight is 361 g/mol. The van der Waals surface area contributed by atoms with Crippen molar-refractivity contribution in [1.82, 2.24) is 10.2 Å². The summed E-state index contributed by atoms with van der Waals surface area (Å²) in [6.45, 7) is 0.661. The first-order valence-corrected chi connectivity index (χ1v) is 8.67. The molecule has 26 heavy (non-hydrogen) atoms. The maximum absolute atomic E-state index is 13.6. The summed E-state index contributed by atoms with van der Waals surface area (Å²) < 4.78 is 13.6. The Hall–Kier alpha value is -2.54. The molecule has 5 N–H and O–H groups in total. The fraction of sp³-hybridized carbons (Fsp3) is 0.421. The molecule has 1 aromatic rings. The number of benzene rings is 1. The first kappa shape index (κ1) is 21.5. The van der Waals surface area contributed by atoms with Gasteiger partial charge in [0.05, 0.1) is 0 Å². The van der Waals surface area contributed by atoms with Gasteiger partial charge in [0.15, 0.2) is 0 Å². The van der Waals surface area contributed by atoms with Crippen molar-refractivity contribution >= 4 is 17.6 Å². The summed E-state index contributed by atoms with van der Waals surface area (Å²) in [4.78, 5) is 14.0. The Balaban J connectivity index is 2.72. The topological polar surface area (TPSA) is 106 Å². The molecule has 0 saturated heterocycles. The number of halogens is 1. The molecule has 0 atom stereocenters. The Bertz CT molecular complexity index is 670. The molecular formula is C19H28FN5O. The zero-order valence-electron chi connectivity index (χ0n) is 15.4. The van der Waals surface area contributed by atoms with E-state index in [0.717, 1.165) is 25.7 Å². The van der Waals surface area contributed by atoms with Gasteiger partial charge < -0.3 is 16.0 Å². The van der Waals surface area contributed by atoms with Gasteiger partial charge in [-0.2, -0.15) is 0 Å². The van der Waals surface area contributed by atoms with E-state index < -0.39 is 5.91 Å². The minimum absolute atomic E-state index is 0.125. The maximum Gasteiger partial charge on any atom is 0.257 e. The van der Waals surface area contributed by atoms with Crippen LogP contribution >= 0.6 is 0 Å². The smallest absolute Gasteiger partial charge is 0.257 e. The highest BCUT2D eigenvalue weighted by molar-refractivity contribution is 6.11. The second-order valence-corrected chi connectivity index (χ2v) is 6.24. The van der Waals surface area contributed by atoms with E-state index in [-0.39, 0.29) is 17.5 Å². The largest absolute Gasteiger partial charge is 0.363 e. The van der Waals surface area contributed by atoms with Gasteiger partial charge in [-0.15, -0.1) is 0 Å². The number of likely N-dealkylation sites (N-methyl/N-ethyl adjacent to an activating group) is 1.